The molecule has 0 bridgehead atoms. The van der Waals surface area contributed by atoms with E-state index in [0.29, 0.717) is 0 Å². The molecule has 0 radical (unpaired) electrons. The molecule has 0 spiro atoms. The van der Waals surface area contributed by atoms with E-state index in [9.17, 15) is 0 Å². The van der Waals surface area contributed by atoms with Crippen molar-refractivity contribution in [3.8, 4) is 0 Å². The monoisotopic (exact) mass is 601 g/mol. The molecule has 0 amide bonds. The van der Waals surface area contributed by atoms with Crippen molar-refractivity contribution in [3.05, 3.63) is 145 Å². The number of hydrogen-bond acceptors (Lipinski definition) is 1. The Hall–Kier alpha value is -2.64. The van der Waals surface area contributed by atoms with Crippen LogP contribution in [0.3, 0.4) is 0 Å². The first-order chi connectivity index (χ1) is 17.1. The van der Waals surface area contributed by atoms with Gasteiger partial charge < -0.3 is 4.90 Å². The van der Waals surface area contributed by atoms with Crippen LogP contribution in [0.4, 0.5) is 5.69 Å². The van der Waals surface area contributed by atoms with E-state index in [4.69, 9.17) is 0 Å². The molecule has 186 valence electrons. The molecular formula is C33H31Cl2NZr. The van der Waals surface area contributed by atoms with E-state index in [2.05, 4.69) is 140 Å². The van der Waals surface area contributed by atoms with Crippen LogP contribution in [-0.2, 0) is 24.2 Å². The Labute approximate surface area is 248 Å². The first-order valence-corrected chi connectivity index (χ1v) is 13.0. The van der Waals surface area contributed by atoms with Crippen LogP contribution in [0, 0.1) is 6.08 Å². The number of hydrogen-bond donors (Lipinski definition) is 0. The van der Waals surface area contributed by atoms with Crippen LogP contribution in [0.2, 0.25) is 0 Å². The fourth-order valence-corrected chi connectivity index (χ4v) is 4.76. The summed E-state index contributed by atoms with van der Waals surface area (Å²) in [5.41, 5.74) is 3.91. The van der Waals surface area contributed by atoms with E-state index < -0.39 is 0 Å². The Morgan fingerprint density at radius 3 is 1.81 bits per heavy atom. The minimum atomic E-state index is 0. The average Bonchev–Trinajstić information content (AvgIpc) is 3.61. The predicted molar refractivity (Wildman–Crippen MR) is 164 cm³/mol. The van der Waals surface area contributed by atoms with Gasteiger partial charge in [0.2, 0.25) is 0 Å². The molecule has 0 atom stereocenters. The van der Waals surface area contributed by atoms with Gasteiger partial charge in [0.05, 0.1) is 0 Å². The molecule has 0 heterocycles. The van der Waals surface area contributed by atoms with E-state index >= 15 is 0 Å². The number of anilines is 1. The third-order valence-corrected chi connectivity index (χ3v) is 7.24. The van der Waals surface area contributed by atoms with Crippen molar-refractivity contribution in [2.45, 2.75) is 6.42 Å². The van der Waals surface area contributed by atoms with Crippen LogP contribution >= 0.6 is 24.8 Å². The molecule has 0 fully saturated rings. The summed E-state index contributed by atoms with van der Waals surface area (Å²) >= 11 is 1.46. The molecule has 1 nitrogen and oxygen atoms in total. The normalized spacial score (nSPS) is 10.9. The second kappa shape index (κ2) is 15.6. The Balaban J connectivity index is 0.000000211. The first-order valence-electron chi connectivity index (χ1n) is 11.8. The van der Waals surface area contributed by atoms with E-state index in [-0.39, 0.29) is 24.8 Å². The molecule has 1 aliphatic rings. The maximum atomic E-state index is 2.99. The Morgan fingerprint density at radius 2 is 1.30 bits per heavy atom. The molecule has 0 aliphatic heterocycles. The predicted octanol–water partition coefficient (Wildman–Crippen LogP) is 8.73. The van der Waals surface area contributed by atoms with Crippen molar-refractivity contribution in [3.63, 3.8) is 0 Å². The molecule has 6 rings (SSSR count). The summed E-state index contributed by atoms with van der Waals surface area (Å²) in [5.74, 6) is 0. The van der Waals surface area contributed by atoms with E-state index in [0.717, 1.165) is 6.42 Å². The van der Waals surface area contributed by atoms with Crippen LogP contribution in [0.5, 0.6) is 0 Å². The van der Waals surface area contributed by atoms with Crippen LogP contribution in [-0.4, -0.2) is 17.3 Å². The van der Waals surface area contributed by atoms with Crippen LogP contribution < -0.4 is 4.90 Å². The fourth-order valence-electron chi connectivity index (χ4n) is 3.95. The number of allylic oxidation sites excluding steroid dienone is 4. The third-order valence-electron chi connectivity index (χ3n) is 5.82. The summed E-state index contributed by atoms with van der Waals surface area (Å²) < 4.78 is 1.42. The van der Waals surface area contributed by atoms with Gasteiger partial charge in [0.25, 0.3) is 0 Å². The summed E-state index contributed by atoms with van der Waals surface area (Å²) in [6, 6.07) is 38.6. The Kier molecular flexibility index (Phi) is 12.9. The van der Waals surface area contributed by atoms with Crippen LogP contribution in [0.15, 0.2) is 127 Å². The molecule has 0 saturated carbocycles. The van der Waals surface area contributed by atoms with Crippen molar-refractivity contribution in [1.82, 2.24) is 0 Å². The molecule has 1 aliphatic carbocycles. The number of halogens is 2. The zero-order chi connectivity index (χ0) is 24.5. The van der Waals surface area contributed by atoms with Gasteiger partial charge in [0, 0.05) is 19.8 Å². The zero-order valence-electron chi connectivity index (χ0n) is 21.1. The van der Waals surface area contributed by atoms with Gasteiger partial charge in [-0.3, -0.25) is 6.08 Å². The summed E-state index contributed by atoms with van der Waals surface area (Å²) in [5, 5.41) is 5.35. The van der Waals surface area contributed by atoms with Gasteiger partial charge in [-0.25, -0.2) is 12.2 Å². The molecule has 0 saturated heterocycles. The Morgan fingerprint density at radius 1 is 0.730 bits per heavy atom. The van der Waals surface area contributed by atoms with Crippen molar-refractivity contribution in [2.24, 2.45) is 0 Å². The average molecular weight is 604 g/mol. The number of fused-ring (bicyclic) bond motifs is 3. The first kappa shape index (κ1) is 30.6. The van der Waals surface area contributed by atoms with Crippen LogP contribution in [0.1, 0.15) is 17.5 Å². The summed E-state index contributed by atoms with van der Waals surface area (Å²) in [7, 11) is 4.15. The third kappa shape index (κ3) is 8.44. The molecule has 4 heteroatoms. The molecule has 0 unspecified atom stereocenters. The summed E-state index contributed by atoms with van der Waals surface area (Å²) in [6.45, 7) is 0. The molecule has 0 N–H and O–H groups in total. The van der Waals surface area contributed by atoms with E-state index in [1.54, 1.807) is 0 Å². The molecular weight excluding hydrogens is 573 g/mol. The van der Waals surface area contributed by atoms with Crippen molar-refractivity contribution in [2.75, 3.05) is 19.0 Å². The summed E-state index contributed by atoms with van der Waals surface area (Å²) in [6.07, 6.45) is 10.0. The number of rotatable bonds is 3. The number of benzene rings is 4. The molecule has 37 heavy (non-hydrogen) atoms. The maximum absolute atomic E-state index is 2.99. The van der Waals surface area contributed by atoms with E-state index in [1.165, 1.54) is 65.8 Å². The van der Waals surface area contributed by atoms with Crippen molar-refractivity contribution < 1.29 is 24.2 Å². The van der Waals surface area contributed by atoms with Gasteiger partial charge in [-0.05, 0) is 0 Å². The molecule has 0 aromatic heterocycles. The van der Waals surface area contributed by atoms with Gasteiger partial charge >= 0.3 is 99.2 Å². The second-order valence-electron chi connectivity index (χ2n) is 8.51. The van der Waals surface area contributed by atoms with Gasteiger partial charge in [-0.15, -0.1) is 64.9 Å². The van der Waals surface area contributed by atoms with Crippen LogP contribution in [0.25, 0.3) is 21.5 Å². The van der Waals surface area contributed by atoms with Gasteiger partial charge in [0.15, 0.2) is 0 Å². The van der Waals surface area contributed by atoms with E-state index in [1.807, 2.05) is 12.2 Å². The standard InChI is InChI=1S/C15H14N.C13H10.C5H5.2ClH.Zr/c1-16(2)13-7-8-15-12(10-13)9-11-5-3-4-6-14(11)15;1-3-7-12(8-4-1)11-13-9-5-2-6-10-13;1-2-4-5-3-1;;;/h3-10H,1-2H3;1-10H;1-3H,4H2;2*1H;/q-1;;-1;;;+2. The van der Waals surface area contributed by atoms with Crippen molar-refractivity contribution >= 4 is 55.3 Å². The SMILES string of the molecule is CN(C)c1ccc2c(c1)[cH-]c1ccccc12.Cl.Cl.[C-]1=CC=CC1.[Zr+2]=[C](c1ccccc1)c1ccccc1. The van der Waals surface area contributed by atoms with Gasteiger partial charge in [-0.1, -0.05) is 36.4 Å². The topological polar surface area (TPSA) is 3.24 Å². The fraction of sp³-hybridized carbons (Fsp3) is 0.0909. The minimum absolute atomic E-state index is 0. The quantitative estimate of drug-likeness (QED) is 0.187. The van der Waals surface area contributed by atoms with Gasteiger partial charge in [0.1, 0.15) is 0 Å². The molecule has 5 aromatic rings. The van der Waals surface area contributed by atoms with Gasteiger partial charge in [-0.2, -0.15) is 6.08 Å². The number of nitrogens with zero attached hydrogens (tertiary/aromatic N) is 1. The molecule has 5 aromatic carbocycles. The van der Waals surface area contributed by atoms with Crippen molar-refractivity contribution in [1.29, 1.82) is 0 Å². The second-order valence-corrected chi connectivity index (χ2v) is 9.74. The zero-order valence-corrected chi connectivity index (χ0v) is 25.2. The summed E-state index contributed by atoms with van der Waals surface area (Å²) in [4.78, 5) is 2.14. The Bertz CT molecular complexity index is 1400.